The number of carbonyl (C=O) groups is 2. The second-order valence-electron chi connectivity index (χ2n) is 2.78. The first-order chi connectivity index (χ1) is 7.26. The molecule has 0 saturated carbocycles. The van der Waals surface area contributed by atoms with Gasteiger partial charge in [-0.05, 0) is 24.3 Å². The summed E-state index contributed by atoms with van der Waals surface area (Å²) in [6, 6.07) is 6.52. The summed E-state index contributed by atoms with van der Waals surface area (Å²) in [6.45, 7) is 1.75. The van der Waals surface area contributed by atoms with E-state index in [1.807, 2.05) is 0 Å². The summed E-state index contributed by atoms with van der Waals surface area (Å²) in [5.74, 6) is 0.760. The van der Waals surface area contributed by atoms with Gasteiger partial charge in [-0.1, -0.05) is 6.92 Å². The zero-order chi connectivity index (χ0) is 11.1. The molecule has 0 aliphatic carbocycles. The molecular weight excluding hydrogens is 196 g/mol. The maximum Gasteiger partial charge on any atom is 0.310 e. The summed E-state index contributed by atoms with van der Waals surface area (Å²) in [4.78, 5) is 21.0. The number of benzene rings is 1. The van der Waals surface area contributed by atoms with Crippen LogP contribution in [-0.2, 0) is 9.59 Å². The van der Waals surface area contributed by atoms with E-state index in [1.54, 1.807) is 31.2 Å². The molecule has 1 aromatic carbocycles. The van der Waals surface area contributed by atoms with Gasteiger partial charge in [0.2, 0.25) is 0 Å². The van der Waals surface area contributed by atoms with Gasteiger partial charge in [0.25, 0.3) is 0 Å². The zero-order valence-electron chi connectivity index (χ0n) is 8.43. The molecule has 0 aliphatic rings. The van der Waals surface area contributed by atoms with Gasteiger partial charge in [0, 0.05) is 6.42 Å². The largest absolute Gasteiger partial charge is 0.486 e. The lowest BCUT2D eigenvalue weighted by molar-refractivity contribution is -0.134. The van der Waals surface area contributed by atoms with Crippen LogP contribution in [-0.4, -0.2) is 18.9 Å². The van der Waals surface area contributed by atoms with E-state index in [0.717, 1.165) is 0 Å². The van der Waals surface area contributed by atoms with E-state index in [1.165, 1.54) is 0 Å². The minimum Gasteiger partial charge on any atom is -0.486 e. The lowest BCUT2D eigenvalue weighted by atomic mass is 10.3. The topological polar surface area (TPSA) is 52.6 Å². The van der Waals surface area contributed by atoms with Crippen molar-refractivity contribution >= 4 is 12.3 Å². The normalized spacial score (nSPS) is 9.40. The van der Waals surface area contributed by atoms with Crippen LogP contribution < -0.4 is 9.47 Å². The van der Waals surface area contributed by atoms with Crippen LogP contribution in [0.15, 0.2) is 24.3 Å². The Morgan fingerprint density at radius 2 is 1.87 bits per heavy atom. The van der Waals surface area contributed by atoms with Crippen LogP contribution in [0.3, 0.4) is 0 Å². The molecule has 15 heavy (non-hydrogen) atoms. The molecule has 80 valence electrons. The molecule has 0 heterocycles. The summed E-state index contributed by atoms with van der Waals surface area (Å²) in [6.07, 6.45) is 1.01. The number of aldehydes is 1. The van der Waals surface area contributed by atoms with Crippen molar-refractivity contribution in [2.45, 2.75) is 13.3 Å². The van der Waals surface area contributed by atoms with Crippen molar-refractivity contribution in [3.63, 3.8) is 0 Å². The molecule has 1 aromatic rings. The van der Waals surface area contributed by atoms with Crippen LogP contribution in [0.1, 0.15) is 13.3 Å². The Hall–Kier alpha value is -1.84. The summed E-state index contributed by atoms with van der Waals surface area (Å²) < 4.78 is 9.99. The van der Waals surface area contributed by atoms with Crippen molar-refractivity contribution in [2.24, 2.45) is 0 Å². The van der Waals surface area contributed by atoms with Crippen LogP contribution in [0.25, 0.3) is 0 Å². The van der Waals surface area contributed by atoms with Gasteiger partial charge in [-0.3, -0.25) is 9.59 Å². The van der Waals surface area contributed by atoms with Crippen molar-refractivity contribution in [1.29, 1.82) is 0 Å². The minimum absolute atomic E-state index is 0.0219. The molecule has 0 unspecified atom stereocenters. The van der Waals surface area contributed by atoms with E-state index in [-0.39, 0.29) is 12.6 Å². The molecule has 0 atom stereocenters. The van der Waals surface area contributed by atoms with E-state index in [2.05, 4.69) is 0 Å². The molecule has 0 aliphatic heterocycles. The maximum absolute atomic E-state index is 10.9. The summed E-state index contributed by atoms with van der Waals surface area (Å²) in [5.41, 5.74) is 0. The minimum atomic E-state index is -0.281. The predicted molar refractivity (Wildman–Crippen MR) is 53.9 cm³/mol. The Kier molecular flexibility index (Phi) is 4.34. The highest BCUT2D eigenvalue weighted by Gasteiger charge is 2.01. The highest BCUT2D eigenvalue weighted by Crippen LogP contribution is 2.17. The van der Waals surface area contributed by atoms with Crippen LogP contribution in [0.5, 0.6) is 11.5 Å². The van der Waals surface area contributed by atoms with Crippen molar-refractivity contribution in [1.82, 2.24) is 0 Å². The third-order valence-corrected chi connectivity index (χ3v) is 1.66. The van der Waals surface area contributed by atoms with Gasteiger partial charge in [0.05, 0.1) is 0 Å². The average molecular weight is 208 g/mol. The van der Waals surface area contributed by atoms with Gasteiger partial charge in [-0.25, -0.2) is 0 Å². The first kappa shape index (κ1) is 11.2. The second-order valence-corrected chi connectivity index (χ2v) is 2.78. The van der Waals surface area contributed by atoms with Gasteiger partial charge >= 0.3 is 5.97 Å². The summed E-state index contributed by atoms with van der Waals surface area (Å²) in [7, 11) is 0. The number of hydrogen-bond acceptors (Lipinski definition) is 4. The SMILES string of the molecule is CCC(=O)Oc1ccc(OCC=O)cc1. The molecule has 0 spiro atoms. The maximum atomic E-state index is 10.9. The van der Waals surface area contributed by atoms with E-state index >= 15 is 0 Å². The quantitative estimate of drug-likeness (QED) is 0.419. The van der Waals surface area contributed by atoms with Gasteiger partial charge in [0.1, 0.15) is 18.1 Å². The van der Waals surface area contributed by atoms with Gasteiger partial charge in [-0.2, -0.15) is 0 Å². The number of rotatable bonds is 5. The Labute approximate surface area is 87.8 Å². The molecule has 0 aromatic heterocycles. The van der Waals surface area contributed by atoms with E-state index in [0.29, 0.717) is 24.2 Å². The van der Waals surface area contributed by atoms with Crippen molar-refractivity contribution < 1.29 is 19.1 Å². The van der Waals surface area contributed by atoms with Gasteiger partial charge < -0.3 is 9.47 Å². The third-order valence-electron chi connectivity index (χ3n) is 1.66. The Morgan fingerprint density at radius 3 is 2.40 bits per heavy atom. The molecule has 4 nitrogen and oxygen atoms in total. The molecule has 0 N–H and O–H groups in total. The fourth-order valence-electron chi connectivity index (χ4n) is 0.938. The average Bonchev–Trinajstić information content (AvgIpc) is 2.28. The van der Waals surface area contributed by atoms with E-state index in [9.17, 15) is 9.59 Å². The second kappa shape index (κ2) is 5.80. The number of hydrogen-bond donors (Lipinski definition) is 0. The molecule has 1 rings (SSSR count). The molecule has 0 radical (unpaired) electrons. The first-order valence-electron chi connectivity index (χ1n) is 4.63. The van der Waals surface area contributed by atoms with Crippen LogP contribution in [0.2, 0.25) is 0 Å². The Morgan fingerprint density at radius 1 is 1.27 bits per heavy atom. The van der Waals surface area contributed by atoms with Crippen molar-refractivity contribution in [3.05, 3.63) is 24.3 Å². The molecule has 4 heteroatoms. The van der Waals surface area contributed by atoms with Crippen molar-refractivity contribution in [3.8, 4) is 11.5 Å². The highest BCUT2D eigenvalue weighted by atomic mass is 16.5. The van der Waals surface area contributed by atoms with Crippen LogP contribution in [0.4, 0.5) is 0 Å². The van der Waals surface area contributed by atoms with Crippen LogP contribution in [0, 0.1) is 0 Å². The van der Waals surface area contributed by atoms with Crippen molar-refractivity contribution in [2.75, 3.05) is 6.61 Å². The lowest BCUT2D eigenvalue weighted by Gasteiger charge is -2.04. The Balaban J connectivity index is 2.55. The number of carbonyl (C=O) groups excluding carboxylic acids is 2. The molecule has 0 fully saturated rings. The summed E-state index contributed by atoms with van der Waals surface area (Å²) >= 11 is 0. The fraction of sp³-hybridized carbons (Fsp3) is 0.273. The van der Waals surface area contributed by atoms with Gasteiger partial charge in [-0.15, -0.1) is 0 Å². The van der Waals surface area contributed by atoms with E-state index in [4.69, 9.17) is 9.47 Å². The smallest absolute Gasteiger partial charge is 0.310 e. The summed E-state index contributed by atoms with van der Waals surface area (Å²) in [5, 5.41) is 0. The lowest BCUT2D eigenvalue weighted by Crippen LogP contribution is -2.05. The predicted octanol–water partition coefficient (Wildman–Crippen LogP) is 1.58. The zero-order valence-corrected chi connectivity index (χ0v) is 8.43. The first-order valence-corrected chi connectivity index (χ1v) is 4.63. The fourth-order valence-corrected chi connectivity index (χ4v) is 0.938. The van der Waals surface area contributed by atoms with E-state index < -0.39 is 0 Å². The molecule has 0 amide bonds. The molecule has 0 bridgehead atoms. The molecular formula is C11H12O4. The third kappa shape index (κ3) is 3.81. The highest BCUT2D eigenvalue weighted by molar-refractivity contribution is 5.71. The standard InChI is InChI=1S/C11H12O4/c1-2-11(13)15-10-5-3-9(4-6-10)14-8-7-12/h3-7H,2,8H2,1H3. The number of esters is 1. The number of ether oxygens (including phenoxy) is 2. The van der Waals surface area contributed by atoms with Crippen LogP contribution >= 0.6 is 0 Å². The van der Waals surface area contributed by atoms with Gasteiger partial charge in [0.15, 0.2) is 6.29 Å². The monoisotopic (exact) mass is 208 g/mol. The molecule has 0 saturated heterocycles. The Bertz CT molecular complexity index is 329.